The molecule has 0 aromatic heterocycles. The van der Waals surface area contributed by atoms with Gasteiger partial charge in [0.2, 0.25) is 0 Å². The van der Waals surface area contributed by atoms with Gasteiger partial charge in [0.05, 0.1) is 11.7 Å². The maximum absolute atomic E-state index is 11.6. The lowest BCUT2D eigenvalue weighted by atomic mass is 9.46. The second-order valence-corrected chi connectivity index (χ2v) is 12.4. The van der Waals surface area contributed by atoms with Crippen molar-refractivity contribution in [2.45, 2.75) is 97.2 Å². The monoisotopic (exact) mass is 429 g/mol. The Morgan fingerprint density at radius 3 is 2.71 bits per heavy atom. The summed E-state index contributed by atoms with van der Waals surface area (Å²) in [5.74, 6) is 3.14. The zero-order valence-electron chi connectivity index (χ0n) is 20.5. The summed E-state index contributed by atoms with van der Waals surface area (Å²) in [6.45, 7) is 15.2. The molecular formula is C28H47NO2. The van der Waals surface area contributed by atoms with Crippen LogP contribution in [0, 0.1) is 40.4 Å². The highest BCUT2D eigenvalue weighted by Gasteiger charge is 2.62. The molecule has 8 atom stereocenters. The van der Waals surface area contributed by atoms with E-state index in [4.69, 9.17) is 0 Å². The molecule has 0 aromatic rings. The molecule has 4 aliphatic rings. The average Bonchev–Trinajstić information content (AvgIpc) is 3.09. The predicted molar refractivity (Wildman–Crippen MR) is 129 cm³/mol. The van der Waals surface area contributed by atoms with E-state index in [1.807, 2.05) is 6.08 Å². The normalized spacial score (nSPS) is 44.1. The van der Waals surface area contributed by atoms with Gasteiger partial charge in [0.1, 0.15) is 0 Å². The first kappa shape index (κ1) is 23.5. The summed E-state index contributed by atoms with van der Waals surface area (Å²) in [6.07, 6.45) is 14.1. The van der Waals surface area contributed by atoms with E-state index in [0.717, 1.165) is 50.6 Å². The van der Waals surface area contributed by atoms with E-state index in [9.17, 15) is 10.2 Å². The number of nitrogens with one attached hydrogen (secondary N) is 1. The molecule has 3 nitrogen and oxygen atoms in total. The molecule has 31 heavy (non-hydrogen) atoms. The highest BCUT2D eigenvalue weighted by molar-refractivity contribution is 5.26. The number of hydrogen-bond donors (Lipinski definition) is 3. The summed E-state index contributed by atoms with van der Waals surface area (Å²) in [7, 11) is 0. The SMILES string of the molecule is C=CC[C@@](C)(O)[C@H]1CC[C@H]2[C@@H]3CC=C4C[C@@H](O)CC[C@]4(C)[C@H]3CC[C@@]21CNCC(C)C. The Kier molecular flexibility index (Phi) is 6.53. The minimum absolute atomic E-state index is 0.136. The van der Waals surface area contributed by atoms with Crippen molar-refractivity contribution in [2.75, 3.05) is 13.1 Å². The molecule has 3 N–H and O–H groups in total. The molecular weight excluding hydrogens is 382 g/mol. The van der Waals surface area contributed by atoms with Crippen molar-refractivity contribution >= 4 is 0 Å². The summed E-state index contributed by atoms with van der Waals surface area (Å²) in [5.41, 5.74) is 1.35. The van der Waals surface area contributed by atoms with Crippen molar-refractivity contribution in [3.05, 3.63) is 24.3 Å². The molecule has 3 heteroatoms. The fourth-order valence-corrected chi connectivity index (χ4v) is 8.75. The quantitative estimate of drug-likeness (QED) is 0.470. The van der Waals surface area contributed by atoms with Crippen molar-refractivity contribution < 1.29 is 10.2 Å². The molecule has 0 unspecified atom stereocenters. The zero-order valence-corrected chi connectivity index (χ0v) is 20.5. The van der Waals surface area contributed by atoms with Crippen LogP contribution in [0.3, 0.4) is 0 Å². The number of hydrogen-bond acceptors (Lipinski definition) is 3. The Morgan fingerprint density at radius 1 is 1.23 bits per heavy atom. The molecule has 176 valence electrons. The molecule has 0 saturated heterocycles. The number of allylic oxidation sites excluding steroid dienone is 1. The minimum Gasteiger partial charge on any atom is -0.393 e. The Morgan fingerprint density at radius 2 is 2.00 bits per heavy atom. The lowest BCUT2D eigenvalue weighted by molar-refractivity contribution is -0.108. The van der Waals surface area contributed by atoms with E-state index >= 15 is 0 Å². The van der Waals surface area contributed by atoms with Gasteiger partial charge in [0.25, 0.3) is 0 Å². The van der Waals surface area contributed by atoms with Crippen molar-refractivity contribution in [2.24, 2.45) is 40.4 Å². The molecule has 0 amide bonds. The predicted octanol–water partition coefficient (Wildman–Crippen LogP) is 5.48. The molecule has 0 heterocycles. The number of rotatable bonds is 7. The van der Waals surface area contributed by atoms with Gasteiger partial charge in [0, 0.05) is 6.54 Å². The molecule has 0 bridgehead atoms. The lowest BCUT2D eigenvalue weighted by Gasteiger charge is -2.59. The number of fused-ring (bicyclic) bond motifs is 5. The van der Waals surface area contributed by atoms with Crippen LogP contribution in [-0.2, 0) is 0 Å². The second-order valence-electron chi connectivity index (χ2n) is 12.4. The van der Waals surface area contributed by atoms with Crippen LogP contribution in [-0.4, -0.2) is 35.0 Å². The summed E-state index contributed by atoms with van der Waals surface area (Å²) >= 11 is 0. The fraction of sp³-hybridized carbons (Fsp3) is 0.857. The van der Waals surface area contributed by atoms with Gasteiger partial charge in [-0.1, -0.05) is 38.5 Å². The molecule has 3 saturated carbocycles. The third kappa shape index (κ3) is 3.97. The van der Waals surface area contributed by atoms with Gasteiger partial charge < -0.3 is 15.5 Å². The topological polar surface area (TPSA) is 52.5 Å². The summed E-state index contributed by atoms with van der Waals surface area (Å²) < 4.78 is 0. The van der Waals surface area contributed by atoms with Crippen LogP contribution < -0.4 is 5.32 Å². The van der Waals surface area contributed by atoms with Crippen LogP contribution in [0.1, 0.15) is 85.5 Å². The van der Waals surface area contributed by atoms with E-state index in [1.165, 1.54) is 25.7 Å². The van der Waals surface area contributed by atoms with Crippen LogP contribution in [0.25, 0.3) is 0 Å². The Balaban J connectivity index is 1.65. The summed E-state index contributed by atoms with van der Waals surface area (Å²) in [5, 5.41) is 25.7. The smallest absolute Gasteiger partial charge is 0.0687 e. The van der Waals surface area contributed by atoms with Gasteiger partial charge in [-0.3, -0.25) is 0 Å². The van der Waals surface area contributed by atoms with Crippen LogP contribution in [0.2, 0.25) is 0 Å². The first-order valence-electron chi connectivity index (χ1n) is 13.1. The second kappa shape index (κ2) is 8.61. The van der Waals surface area contributed by atoms with Gasteiger partial charge in [-0.15, -0.1) is 6.58 Å². The van der Waals surface area contributed by atoms with Gasteiger partial charge >= 0.3 is 0 Å². The lowest BCUT2D eigenvalue weighted by Crippen LogP contribution is -2.57. The molecule has 4 aliphatic carbocycles. The molecule has 0 radical (unpaired) electrons. The minimum atomic E-state index is -0.669. The van der Waals surface area contributed by atoms with Gasteiger partial charge in [-0.05, 0) is 112 Å². The molecule has 0 aromatic carbocycles. The number of aliphatic hydroxyl groups excluding tert-OH is 1. The molecule has 4 rings (SSSR count). The number of aliphatic hydroxyl groups is 2. The van der Waals surface area contributed by atoms with Gasteiger partial charge in [0.15, 0.2) is 0 Å². The third-order valence-electron chi connectivity index (χ3n) is 10.1. The van der Waals surface area contributed by atoms with Crippen LogP contribution in [0.5, 0.6) is 0 Å². The van der Waals surface area contributed by atoms with Crippen molar-refractivity contribution in [1.29, 1.82) is 0 Å². The van der Waals surface area contributed by atoms with Gasteiger partial charge in [-0.25, -0.2) is 0 Å². The molecule has 0 aliphatic heterocycles. The van der Waals surface area contributed by atoms with Crippen LogP contribution in [0.4, 0.5) is 0 Å². The molecule has 0 spiro atoms. The van der Waals surface area contributed by atoms with Crippen molar-refractivity contribution in [3.8, 4) is 0 Å². The zero-order chi connectivity index (χ0) is 22.4. The van der Waals surface area contributed by atoms with E-state index in [-0.39, 0.29) is 16.9 Å². The Labute approximate surface area is 190 Å². The van der Waals surface area contributed by atoms with Crippen molar-refractivity contribution in [1.82, 2.24) is 5.32 Å². The van der Waals surface area contributed by atoms with E-state index in [1.54, 1.807) is 5.57 Å². The highest BCUT2D eigenvalue weighted by atomic mass is 16.3. The first-order valence-corrected chi connectivity index (χ1v) is 13.1. The van der Waals surface area contributed by atoms with E-state index < -0.39 is 5.60 Å². The van der Waals surface area contributed by atoms with E-state index in [0.29, 0.717) is 24.2 Å². The van der Waals surface area contributed by atoms with Crippen LogP contribution in [0.15, 0.2) is 24.3 Å². The Bertz CT molecular complexity index is 697. The van der Waals surface area contributed by atoms with Gasteiger partial charge in [-0.2, -0.15) is 0 Å². The Hall–Kier alpha value is -0.640. The standard InChI is InChI=1S/C28H47NO2/c1-6-13-27(5,31)25-10-9-24-22-8-7-20-16-21(30)11-14-26(20,4)23(22)12-15-28(24,25)18-29-17-19(2)3/h6-7,19,21-25,29-31H,1,8-18H2,2-5H3/t21-,22+,23-,24-,25+,26-,27+,28+/m0/s1. The third-order valence-corrected chi connectivity index (χ3v) is 10.1. The van der Waals surface area contributed by atoms with Crippen molar-refractivity contribution in [3.63, 3.8) is 0 Å². The maximum atomic E-state index is 11.6. The summed E-state index contributed by atoms with van der Waals surface area (Å²) in [4.78, 5) is 0. The maximum Gasteiger partial charge on any atom is 0.0687 e. The average molecular weight is 430 g/mol. The van der Waals surface area contributed by atoms with E-state index in [2.05, 4.69) is 45.7 Å². The van der Waals surface area contributed by atoms with Crippen LogP contribution >= 0.6 is 0 Å². The molecule has 3 fully saturated rings. The largest absolute Gasteiger partial charge is 0.393 e. The first-order chi connectivity index (χ1) is 14.6. The highest BCUT2D eigenvalue weighted by Crippen LogP contribution is 2.67. The summed E-state index contributed by atoms with van der Waals surface area (Å²) in [6, 6.07) is 0. The fourth-order valence-electron chi connectivity index (χ4n) is 8.75.